The lowest BCUT2D eigenvalue weighted by Gasteiger charge is -2.26. The zero-order valence-corrected chi connectivity index (χ0v) is 10.3. The van der Waals surface area contributed by atoms with Crippen molar-refractivity contribution in [2.24, 2.45) is 0 Å². The molecular formula is C10H19NO3S. The van der Waals surface area contributed by atoms with Gasteiger partial charge in [-0.1, -0.05) is 6.92 Å². The van der Waals surface area contributed by atoms with E-state index in [1.807, 2.05) is 13.2 Å². The van der Waals surface area contributed by atoms with Crippen molar-refractivity contribution in [3.63, 3.8) is 0 Å². The second kappa shape index (κ2) is 7.56. The maximum atomic E-state index is 11.6. The molecule has 0 spiro atoms. The van der Waals surface area contributed by atoms with Gasteiger partial charge < -0.3 is 10.0 Å². The summed E-state index contributed by atoms with van der Waals surface area (Å²) in [4.78, 5) is 23.6. The molecule has 0 fully saturated rings. The highest BCUT2D eigenvalue weighted by Gasteiger charge is 2.18. The molecule has 0 bridgehead atoms. The van der Waals surface area contributed by atoms with Crippen LogP contribution in [0.15, 0.2) is 0 Å². The Labute approximate surface area is 95.0 Å². The first-order chi connectivity index (χ1) is 7.02. The minimum absolute atomic E-state index is 0.0844. The van der Waals surface area contributed by atoms with Gasteiger partial charge in [-0.05, 0) is 12.7 Å². The maximum absolute atomic E-state index is 11.6. The molecule has 1 atom stereocenters. The SMILES string of the molecule is CCC(CSC)N(C)C(=O)CCC(=O)O. The fraction of sp³-hybridized carbons (Fsp3) is 0.800. The van der Waals surface area contributed by atoms with Crippen molar-refractivity contribution in [1.29, 1.82) is 0 Å². The average Bonchev–Trinajstić information content (AvgIpc) is 2.21. The van der Waals surface area contributed by atoms with Gasteiger partial charge in [0.1, 0.15) is 0 Å². The van der Waals surface area contributed by atoms with E-state index in [0.717, 1.165) is 12.2 Å². The van der Waals surface area contributed by atoms with Crippen molar-refractivity contribution in [1.82, 2.24) is 4.90 Å². The third-order valence-electron chi connectivity index (χ3n) is 2.32. The quantitative estimate of drug-likeness (QED) is 0.723. The van der Waals surface area contributed by atoms with Crippen LogP contribution in [0.2, 0.25) is 0 Å². The van der Waals surface area contributed by atoms with Crippen molar-refractivity contribution >= 4 is 23.6 Å². The second-order valence-corrected chi connectivity index (χ2v) is 4.33. The van der Waals surface area contributed by atoms with Crippen LogP contribution in [0, 0.1) is 0 Å². The van der Waals surface area contributed by atoms with Gasteiger partial charge in [0.2, 0.25) is 5.91 Å². The van der Waals surface area contributed by atoms with Gasteiger partial charge in [-0.25, -0.2) is 0 Å². The highest BCUT2D eigenvalue weighted by molar-refractivity contribution is 7.98. The first-order valence-corrected chi connectivity index (χ1v) is 6.38. The highest BCUT2D eigenvalue weighted by atomic mass is 32.2. The lowest BCUT2D eigenvalue weighted by Crippen LogP contribution is -2.38. The molecule has 0 aromatic rings. The van der Waals surface area contributed by atoms with Gasteiger partial charge in [0.05, 0.1) is 6.42 Å². The molecule has 0 radical (unpaired) electrons. The number of amides is 1. The third-order valence-corrected chi connectivity index (χ3v) is 3.04. The lowest BCUT2D eigenvalue weighted by atomic mass is 10.2. The summed E-state index contributed by atoms with van der Waals surface area (Å²) < 4.78 is 0. The molecule has 1 amide bonds. The summed E-state index contributed by atoms with van der Waals surface area (Å²) in [6, 6.07) is 0.210. The van der Waals surface area contributed by atoms with Gasteiger partial charge in [-0.3, -0.25) is 9.59 Å². The number of carboxylic acids is 1. The van der Waals surface area contributed by atoms with Crippen LogP contribution in [0.3, 0.4) is 0 Å². The van der Waals surface area contributed by atoms with Crippen LogP contribution >= 0.6 is 11.8 Å². The van der Waals surface area contributed by atoms with E-state index in [4.69, 9.17) is 5.11 Å². The van der Waals surface area contributed by atoms with E-state index >= 15 is 0 Å². The van der Waals surface area contributed by atoms with Gasteiger partial charge >= 0.3 is 5.97 Å². The molecule has 1 N–H and O–H groups in total. The number of nitrogens with zero attached hydrogens (tertiary/aromatic N) is 1. The van der Waals surface area contributed by atoms with E-state index in [1.165, 1.54) is 0 Å². The van der Waals surface area contributed by atoms with Crippen molar-refractivity contribution < 1.29 is 14.7 Å². The minimum atomic E-state index is -0.922. The first-order valence-electron chi connectivity index (χ1n) is 4.99. The topological polar surface area (TPSA) is 57.6 Å². The van der Waals surface area contributed by atoms with Gasteiger partial charge in [-0.15, -0.1) is 0 Å². The van der Waals surface area contributed by atoms with Gasteiger partial charge in [0, 0.05) is 25.3 Å². The predicted octanol–water partition coefficient (Wildman–Crippen LogP) is 1.45. The van der Waals surface area contributed by atoms with Crippen molar-refractivity contribution in [3.05, 3.63) is 0 Å². The van der Waals surface area contributed by atoms with Crippen LogP contribution < -0.4 is 0 Å². The molecule has 0 rings (SSSR count). The van der Waals surface area contributed by atoms with Crippen LogP contribution in [0.4, 0.5) is 0 Å². The third kappa shape index (κ3) is 5.67. The van der Waals surface area contributed by atoms with Crippen LogP contribution in [-0.2, 0) is 9.59 Å². The molecule has 15 heavy (non-hydrogen) atoms. The molecule has 0 saturated heterocycles. The van der Waals surface area contributed by atoms with E-state index in [-0.39, 0.29) is 24.8 Å². The largest absolute Gasteiger partial charge is 0.481 e. The Bertz CT molecular complexity index is 221. The second-order valence-electron chi connectivity index (χ2n) is 3.42. The van der Waals surface area contributed by atoms with Crippen LogP contribution in [0.5, 0.6) is 0 Å². The minimum Gasteiger partial charge on any atom is -0.481 e. The summed E-state index contributed by atoms with van der Waals surface area (Å²) in [6.45, 7) is 2.03. The lowest BCUT2D eigenvalue weighted by molar-refractivity contribution is -0.141. The Hall–Kier alpha value is -0.710. The maximum Gasteiger partial charge on any atom is 0.303 e. The number of carbonyl (C=O) groups excluding carboxylic acids is 1. The highest BCUT2D eigenvalue weighted by Crippen LogP contribution is 2.10. The zero-order chi connectivity index (χ0) is 11.8. The van der Waals surface area contributed by atoms with E-state index in [1.54, 1.807) is 23.7 Å². The van der Waals surface area contributed by atoms with Crippen LogP contribution in [0.1, 0.15) is 26.2 Å². The molecular weight excluding hydrogens is 214 g/mol. The molecule has 1 unspecified atom stereocenters. The normalized spacial score (nSPS) is 12.2. The van der Waals surface area contributed by atoms with E-state index in [0.29, 0.717) is 0 Å². The van der Waals surface area contributed by atoms with Gasteiger partial charge in [-0.2, -0.15) is 11.8 Å². The molecule has 88 valence electrons. The summed E-state index contributed by atoms with van der Waals surface area (Å²) in [5, 5.41) is 8.47. The molecule has 0 aromatic carbocycles. The fourth-order valence-electron chi connectivity index (χ4n) is 1.29. The van der Waals surface area contributed by atoms with Crippen molar-refractivity contribution in [2.45, 2.75) is 32.2 Å². The molecule has 5 heteroatoms. The van der Waals surface area contributed by atoms with Crippen LogP contribution in [0.25, 0.3) is 0 Å². The molecule has 0 heterocycles. The Balaban J connectivity index is 4.09. The number of carbonyl (C=O) groups is 2. The first kappa shape index (κ1) is 14.3. The smallest absolute Gasteiger partial charge is 0.303 e. The Morgan fingerprint density at radius 2 is 2.00 bits per heavy atom. The number of hydrogen-bond acceptors (Lipinski definition) is 3. The molecule has 0 aliphatic carbocycles. The molecule has 4 nitrogen and oxygen atoms in total. The Morgan fingerprint density at radius 1 is 1.40 bits per heavy atom. The Kier molecular flexibility index (Phi) is 7.21. The molecule has 0 saturated carbocycles. The van der Waals surface area contributed by atoms with E-state index in [9.17, 15) is 9.59 Å². The summed E-state index contributed by atoms with van der Waals surface area (Å²) in [7, 11) is 1.74. The number of aliphatic carboxylic acids is 1. The predicted molar refractivity (Wildman–Crippen MR) is 62.1 cm³/mol. The number of carboxylic acid groups (broad SMARTS) is 1. The van der Waals surface area contributed by atoms with E-state index < -0.39 is 5.97 Å². The summed E-state index contributed by atoms with van der Waals surface area (Å²) in [5.41, 5.74) is 0. The summed E-state index contributed by atoms with van der Waals surface area (Å²) in [5.74, 6) is -0.112. The number of rotatable bonds is 7. The average molecular weight is 233 g/mol. The number of thioether (sulfide) groups is 1. The monoisotopic (exact) mass is 233 g/mol. The van der Waals surface area contributed by atoms with Gasteiger partial charge in [0.25, 0.3) is 0 Å². The van der Waals surface area contributed by atoms with Crippen LogP contribution in [-0.4, -0.2) is 47.0 Å². The standard InChI is InChI=1S/C10H19NO3S/c1-4-8(7-15-3)11(2)9(12)5-6-10(13)14/h8H,4-7H2,1-3H3,(H,13,14). The van der Waals surface area contributed by atoms with Gasteiger partial charge in [0.15, 0.2) is 0 Å². The van der Waals surface area contributed by atoms with E-state index in [2.05, 4.69) is 0 Å². The molecule has 0 aliphatic rings. The molecule has 0 aliphatic heterocycles. The fourth-order valence-corrected chi connectivity index (χ4v) is 2.13. The number of hydrogen-bond donors (Lipinski definition) is 1. The Morgan fingerprint density at radius 3 is 2.40 bits per heavy atom. The zero-order valence-electron chi connectivity index (χ0n) is 9.52. The summed E-state index contributed by atoms with van der Waals surface area (Å²) >= 11 is 1.69. The summed E-state index contributed by atoms with van der Waals surface area (Å²) in [6.07, 6.45) is 2.91. The molecule has 0 aromatic heterocycles. The van der Waals surface area contributed by atoms with Crippen molar-refractivity contribution in [2.75, 3.05) is 19.1 Å². The van der Waals surface area contributed by atoms with Crippen molar-refractivity contribution in [3.8, 4) is 0 Å².